The van der Waals surface area contributed by atoms with Gasteiger partial charge in [0, 0.05) is 9.79 Å². The molecule has 1 aromatic heterocycles. The summed E-state index contributed by atoms with van der Waals surface area (Å²) in [5.41, 5.74) is 0.573. The molecule has 1 aromatic carbocycles. The second kappa shape index (κ2) is 6.49. The summed E-state index contributed by atoms with van der Waals surface area (Å²) in [6, 6.07) is 8.43. The maximum atomic E-state index is 11.7. The first-order valence-corrected chi connectivity index (χ1v) is 6.69. The lowest BCUT2D eigenvalue weighted by Crippen LogP contribution is -2.02. The van der Waals surface area contributed by atoms with E-state index in [-0.39, 0.29) is 10.8 Å². The normalized spacial score (nSPS) is 10.1. The molecule has 0 atom stereocenters. The van der Waals surface area contributed by atoms with Gasteiger partial charge in [0.25, 0.3) is 0 Å². The Balaban J connectivity index is 2.42. The molecule has 0 aliphatic carbocycles. The Morgan fingerprint density at radius 3 is 2.80 bits per heavy atom. The van der Waals surface area contributed by atoms with Crippen molar-refractivity contribution in [2.75, 3.05) is 7.11 Å². The van der Waals surface area contributed by atoms with Gasteiger partial charge in [-0.3, -0.25) is 0 Å². The van der Waals surface area contributed by atoms with Crippen LogP contribution in [-0.4, -0.2) is 18.1 Å². The van der Waals surface area contributed by atoms with Gasteiger partial charge in [-0.25, -0.2) is 9.78 Å². The zero-order chi connectivity index (χ0) is 14.5. The fourth-order valence-corrected chi connectivity index (χ4v) is 2.74. The van der Waals surface area contributed by atoms with Crippen LogP contribution in [0.4, 0.5) is 5.69 Å². The van der Waals surface area contributed by atoms with E-state index in [0.717, 1.165) is 0 Å². The van der Waals surface area contributed by atoms with Gasteiger partial charge in [-0.1, -0.05) is 35.5 Å². The molecular formula is C13H9ClN2O3S. The Morgan fingerprint density at radius 2 is 2.10 bits per heavy atom. The fourth-order valence-electron chi connectivity index (χ4n) is 1.51. The van der Waals surface area contributed by atoms with Crippen LogP contribution in [0.2, 0.25) is 5.15 Å². The summed E-state index contributed by atoms with van der Waals surface area (Å²) < 4.78 is 4.72. The highest BCUT2D eigenvalue weighted by atomic mass is 35.5. The van der Waals surface area contributed by atoms with E-state index in [4.69, 9.17) is 16.3 Å². The van der Waals surface area contributed by atoms with Gasteiger partial charge in [0.15, 0.2) is 0 Å². The second-order valence-electron chi connectivity index (χ2n) is 3.66. The highest BCUT2D eigenvalue weighted by molar-refractivity contribution is 7.99. The number of aromatic nitrogens is 1. The van der Waals surface area contributed by atoms with Crippen LogP contribution in [0.3, 0.4) is 0 Å². The Hall–Kier alpha value is -1.92. The van der Waals surface area contributed by atoms with Crippen molar-refractivity contribution in [3.63, 3.8) is 0 Å². The number of ether oxygens (including phenoxy) is 1. The molecule has 0 saturated carbocycles. The second-order valence-corrected chi connectivity index (χ2v) is 5.13. The number of methoxy groups -OCH3 is 1. The molecule has 0 radical (unpaired) electrons. The molecule has 0 spiro atoms. The van der Waals surface area contributed by atoms with E-state index in [1.807, 2.05) is 0 Å². The molecule has 20 heavy (non-hydrogen) atoms. The first-order valence-electron chi connectivity index (χ1n) is 5.50. The number of carbonyl (C=O) groups excluding carboxylic acids is 1. The maximum Gasteiger partial charge on any atom is 0.339 e. The summed E-state index contributed by atoms with van der Waals surface area (Å²) in [7, 11) is 1.31. The molecule has 0 fully saturated rings. The largest absolute Gasteiger partial charge is 0.465 e. The average Bonchev–Trinajstić information content (AvgIpc) is 2.47. The Kier molecular flexibility index (Phi) is 4.70. The van der Waals surface area contributed by atoms with Crippen LogP contribution in [0, 0.1) is 4.91 Å². The quantitative estimate of drug-likeness (QED) is 0.484. The summed E-state index contributed by atoms with van der Waals surface area (Å²) >= 11 is 7.01. The third-order valence-electron chi connectivity index (χ3n) is 2.42. The number of benzene rings is 1. The zero-order valence-electron chi connectivity index (χ0n) is 10.4. The summed E-state index contributed by atoms with van der Waals surface area (Å²) in [6.07, 6.45) is 1.29. The Morgan fingerprint density at radius 1 is 1.35 bits per heavy atom. The van der Waals surface area contributed by atoms with Crippen molar-refractivity contribution in [2.24, 2.45) is 5.18 Å². The summed E-state index contributed by atoms with van der Waals surface area (Å²) in [6.45, 7) is 0. The number of esters is 1. The molecule has 7 heteroatoms. The van der Waals surface area contributed by atoms with E-state index >= 15 is 0 Å². The third kappa shape index (κ3) is 3.15. The van der Waals surface area contributed by atoms with E-state index in [1.54, 1.807) is 24.3 Å². The SMILES string of the molecule is COC(=O)c1ccccc1Sc1cc(Cl)ncc1N=O. The number of nitrogens with zero attached hydrogens (tertiary/aromatic N) is 2. The molecule has 0 amide bonds. The van der Waals surface area contributed by atoms with E-state index in [0.29, 0.717) is 15.4 Å². The molecule has 0 bridgehead atoms. The van der Waals surface area contributed by atoms with Gasteiger partial charge in [-0.15, -0.1) is 4.91 Å². The molecule has 1 heterocycles. The van der Waals surface area contributed by atoms with Crippen molar-refractivity contribution in [1.82, 2.24) is 4.98 Å². The lowest BCUT2D eigenvalue weighted by Gasteiger charge is -2.08. The highest BCUT2D eigenvalue weighted by Crippen LogP contribution is 2.37. The average molecular weight is 309 g/mol. The van der Waals surface area contributed by atoms with Gasteiger partial charge < -0.3 is 4.74 Å². The Bertz CT molecular complexity index is 664. The number of pyridine rings is 1. The van der Waals surface area contributed by atoms with E-state index in [9.17, 15) is 9.70 Å². The van der Waals surface area contributed by atoms with Crippen LogP contribution in [0.5, 0.6) is 0 Å². The van der Waals surface area contributed by atoms with Gasteiger partial charge in [-0.2, -0.15) is 0 Å². The molecule has 102 valence electrons. The number of hydrogen-bond donors (Lipinski definition) is 0. The first kappa shape index (κ1) is 14.5. The number of hydrogen-bond acceptors (Lipinski definition) is 6. The summed E-state index contributed by atoms with van der Waals surface area (Å²) in [4.78, 5) is 27.4. The monoisotopic (exact) mass is 308 g/mol. The number of carbonyl (C=O) groups is 1. The molecule has 0 N–H and O–H groups in total. The topological polar surface area (TPSA) is 68.6 Å². The minimum absolute atomic E-state index is 0.166. The standard InChI is InChI=1S/C13H9ClN2O3S/c1-19-13(17)8-4-2-3-5-10(8)20-11-6-12(14)15-7-9(11)16-18/h2-7H,1H3. The first-order chi connectivity index (χ1) is 9.65. The van der Waals surface area contributed by atoms with Crippen molar-refractivity contribution in [2.45, 2.75) is 9.79 Å². The minimum atomic E-state index is -0.450. The minimum Gasteiger partial charge on any atom is -0.465 e. The van der Waals surface area contributed by atoms with Crippen LogP contribution in [0.15, 0.2) is 51.5 Å². The summed E-state index contributed by atoms with van der Waals surface area (Å²) in [5, 5.41) is 3.14. The van der Waals surface area contributed by atoms with Crippen LogP contribution < -0.4 is 0 Å². The summed E-state index contributed by atoms with van der Waals surface area (Å²) in [5.74, 6) is -0.450. The lowest BCUT2D eigenvalue weighted by atomic mass is 10.2. The van der Waals surface area contributed by atoms with E-state index in [1.165, 1.54) is 31.1 Å². The maximum absolute atomic E-state index is 11.7. The van der Waals surface area contributed by atoms with Gasteiger partial charge >= 0.3 is 5.97 Å². The van der Waals surface area contributed by atoms with Crippen molar-refractivity contribution < 1.29 is 9.53 Å². The number of rotatable bonds is 4. The van der Waals surface area contributed by atoms with Crippen LogP contribution in [0.25, 0.3) is 0 Å². The van der Waals surface area contributed by atoms with Gasteiger partial charge in [0.05, 0.1) is 18.9 Å². The molecule has 2 rings (SSSR count). The van der Waals surface area contributed by atoms with Crippen molar-refractivity contribution >= 4 is 35.0 Å². The Labute approximate surface area is 124 Å². The zero-order valence-corrected chi connectivity index (χ0v) is 11.9. The lowest BCUT2D eigenvalue weighted by molar-refractivity contribution is 0.0597. The van der Waals surface area contributed by atoms with Crippen LogP contribution in [0.1, 0.15) is 10.4 Å². The van der Waals surface area contributed by atoms with Gasteiger partial charge in [-0.05, 0) is 23.4 Å². The molecule has 0 unspecified atom stereocenters. The van der Waals surface area contributed by atoms with Crippen LogP contribution in [-0.2, 0) is 4.74 Å². The van der Waals surface area contributed by atoms with Crippen molar-refractivity contribution in [3.8, 4) is 0 Å². The van der Waals surface area contributed by atoms with Gasteiger partial charge in [0.2, 0.25) is 0 Å². The highest BCUT2D eigenvalue weighted by Gasteiger charge is 2.14. The van der Waals surface area contributed by atoms with E-state index < -0.39 is 5.97 Å². The molecule has 0 aliphatic rings. The molecular weight excluding hydrogens is 300 g/mol. The molecule has 5 nitrogen and oxygen atoms in total. The van der Waals surface area contributed by atoms with Crippen LogP contribution >= 0.6 is 23.4 Å². The smallest absolute Gasteiger partial charge is 0.339 e. The molecule has 0 aliphatic heterocycles. The fraction of sp³-hybridized carbons (Fsp3) is 0.0769. The molecule has 2 aromatic rings. The van der Waals surface area contributed by atoms with Gasteiger partial charge in [0.1, 0.15) is 10.8 Å². The predicted octanol–water partition coefficient (Wildman–Crippen LogP) is 4.07. The third-order valence-corrected chi connectivity index (χ3v) is 3.75. The predicted molar refractivity (Wildman–Crippen MR) is 76.6 cm³/mol. The number of halogens is 1. The number of nitroso groups, excluding NO2 is 1. The van der Waals surface area contributed by atoms with Crippen molar-refractivity contribution in [3.05, 3.63) is 52.2 Å². The van der Waals surface area contributed by atoms with Crippen molar-refractivity contribution in [1.29, 1.82) is 0 Å². The molecule has 0 saturated heterocycles. The van der Waals surface area contributed by atoms with E-state index in [2.05, 4.69) is 10.2 Å².